The fourth-order valence-corrected chi connectivity index (χ4v) is 5.06. The van der Waals surface area contributed by atoms with Crippen molar-refractivity contribution in [2.24, 2.45) is 7.05 Å². The molecule has 3 aromatic rings. The number of sulfone groups is 1. The summed E-state index contributed by atoms with van der Waals surface area (Å²) in [7, 11) is -1.30. The SMILES string of the molecule is Cc1ccc2nc(CN3CCS(=O)(=O)CC3c3cnn(C)c3)cc(=O)n2c1. The number of hydrogen-bond acceptors (Lipinski definition) is 6. The molecule has 9 heteroatoms. The van der Waals surface area contributed by atoms with Gasteiger partial charge in [0.25, 0.3) is 5.56 Å². The summed E-state index contributed by atoms with van der Waals surface area (Å²) in [5, 5.41) is 4.17. The summed E-state index contributed by atoms with van der Waals surface area (Å²) in [6.45, 7) is 2.73. The van der Waals surface area contributed by atoms with Crippen molar-refractivity contribution in [3.63, 3.8) is 0 Å². The predicted molar refractivity (Wildman–Crippen MR) is 101 cm³/mol. The van der Waals surface area contributed by atoms with Gasteiger partial charge in [-0.3, -0.25) is 18.8 Å². The minimum atomic E-state index is -3.11. The molecule has 0 amide bonds. The molecule has 3 aromatic heterocycles. The summed E-state index contributed by atoms with van der Waals surface area (Å²) >= 11 is 0. The Balaban J connectivity index is 1.68. The second kappa shape index (κ2) is 6.58. The van der Waals surface area contributed by atoms with Gasteiger partial charge in [-0.2, -0.15) is 5.10 Å². The Morgan fingerprint density at radius 1 is 1.26 bits per heavy atom. The third-order valence-electron chi connectivity index (χ3n) is 4.88. The van der Waals surface area contributed by atoms with Crippen LogP contribution in [0.4, 0.5) is 0 Å². The minimum absolute atomic E-state index is 0.0461. The second-order valence-corrected chi connectivity index (χ2v) is 9.30. The van der Waals surface area contributed by atoms with Crippen molar-refractivity contribution in [3.8, 4) is 0 Å². The van der Waals surface area contributed by atoms with Gasteiger partial charge in [-0.1, -0.05) is 6.07 Å². The Morgan fingerprint density at radius 2 is 2.07 bits per heavy atom. The molecule has 0 N–H and O–H groups in total. The molecule has 0 aromatic carbocycles. The van der Waals surface area contributed by atoms with E-state index in [9.17, 15) is 13.2 Å². The number of aromatic nitrogens is 4. The van der Waals surface area contributed by atoms with Crippen molar-refractivity contribution >= 4 is 15.5 Å². The van der Waals surface area contributed by atoms with Gasteiger partial charge in [0.2, 0.25) is 0 Å². The molecule has 0 radical (unpaired) electrons. The first kappa shape index (κ1) is 17.9. The number of aryl methyl sites for hydroxylation is 2. The van der Waals surface area contributed by atoms with Gasteiger partial charge in [0.15, 0.2) is 9.84 Å². The number of fused-ring (bicyclic) bond motifs is 1. The summed E-state index contributed by atoms with van der Waals surface area (Å²) in [5.74, 6) is 0.153. The van der Waals surface area contributed by atoms with Crippen molar-refractivity contribution in [2.45, 2.75) is 19.5 Å². The molecular formula is C18H21N5O3S. The molecule has 142 valence electrons. The Morgan fingerprint density at radius 3 is 2.81 bits per heavy atom. The molecule has 1 atom stereocenters. The predicted octanol–water partition coefficient (Wildman–Crippen LogP) is 0.708. The second-order valence-electron chi connectivity index (χ2n) is 7.07. The van der Waals surface area contributed by atoms with Crippen LogP contribution in [0.15, 0.2) is 41.6 Å². The molecule has 4 heterocycles. The van der Waals surface area contributed by atoms with Crippen LogP contribution in [-0.4, -0.2) is 50.5 Å². The maximum atomic E-state index is 12.4. The highest BCUT2D eigenvalue weighted by molar-refractivity contribution is 7.91. The van der Waals surface area contributed by atoms with E-state index >= 15 is 0 Å². The average molecular weight is 387 g/mol. The van der Waals surface area contributed by atoms with Crippen LogP contribution in [0, 0.1) is 6.92 Å². The zero-order valence-corrected chi connectivity index (χ0v) is 16.1. The lowest BCUT2D eigenvalue weighted by molar-refractivity contribution is 0.204. The van der Waals surface area contributed by atoms with Crippen molar-refractivity contribution in [1.29, 1.82) is 0 Å². The number of hydrogen-bond donors (Lipinski definition) is 0. The van der Waals surface area contributed by atoms with Crippen LogP contribution >= 0.6 is 0 Å². The summed E-state index contributed by atoms with van der Waals surface area (Å²) in [6.07, 6.45) is 5.30. The lowest BCUT2D eigenvalue weighted by Crippen LogP contribution is -2.42. The molecule has 1 aliphatic heterocycles. The van der Waals surface area contributed by atoms with Gasteiger partial charge in [0, 0.05) is 44.2 Å². The summed E-state index contributed by atoms with van der Waals surface area (Å²) < 4.78 is 27.5. The van der Waals surface area contributed by atoms with Crippen molar-refractivity contribution < 1.29 is 8.42 Å². The van der Waals surface area contributed by atoms with E-state index in [4.69, 9.17) is 0 Å². The molecule has 8 nitrogen and oxygen atoms in total. The van der Waals surface area contributed by atoms with Crippen LogP contribution < -0.4 is 5.56 Å². The van der Waals surface area contributed by atoms with E-state index in [1.165, 1.54) is 10.5 Å². The highest BCUT2D eigenvalue weighted by atomic mass is 32.2. The molecule has 0 aliphatic carbocycles. The maximum Gasteiger partial charge on any atom is 0.258 e. The van der Waals surface area contributed by atoms with E-state index in [1.807, 2.05) is 25.3 Å². The van der Waals surface area contributed by atoms with Gasteiger partial charge >= 0.3 is 0 Å². The molecule has 0 spiro atoms. The first-order valence-corrected chi connectivity index (χ1v) is 10.5. The summed E-state index contributed by atoms with van der Waals surface area (Å²) in [6, 6.07) is 4.96. The molecule has 1 fully saturated rings. The highest BCUT2D eigenvalue weighted by Crippen LogP contribution is 2.27. The highest BCUT2D eigenvalue weighted by Gasteiger charge is 2.33. The fraction of sp³-hybridized carbons (Fsp3) is 0.389. The van der Waals surface area contributed by atoms with Crippen LogP contribution in [0.3, 0.4) is 0 Å². The van der Waals surface area contributed by atoms with Crippen molar-refractivity contribution in [3.05, 3.63) is 64.0 Å². The lowest BCUT2D eigenvalue weighted by Gasteiger charge is -2.34. The van der Waals surface area contributed by atoms with Crippen LogP contribution in [0.25, 0.3) is 5.65 Å². The third kappa shape index (κ3) is 3.65. The van der Waals surface area contributed by atoms with Gasteiger partial charge in [-0.05, 0) is 18.6 Å². The smallest absolute Gasteiger partial charge is 0.258 e. The molecule has 1 aliphatic rings. The summed E-state index contributed by atoms with van der Waals surface area (Å²) in [4.78, 5) is 19.1. The van der Waals surface area contributed by atoms with Gasteiger partial charge < -0.3 is 0 Å². The molecular weight excluding hydrogens is 366 g/mol. The molecule has 4 rings (SSSR count). The topological polar surface area (TPSA) is 89.6 Å². The zero-order chi connectivity index (χ0) is 19.2. The molecule has 1 unspecified atom stereocenters. The van der Waals surface area contributed by atoms with Crippen molar-refractivity contribution in [1.82, 2.24) is 24.1 Å². The van der Waals surface area contributed by atoms with Crippen LogP contribution in [-0.2, 0) is 23.4 Å². The van der Waals surface area contributed by atoms with Gasteiger partial charge in [-0.15, -0.1) is 0 Å². The summed E-state index contributed by atoms with van der Waals surface area (Å²) in [5.41, 5.74) is 2.93. The number of pyridine rings is 1. The minimum Gasteiger partial charge on any atom is -0.288 e. The van der Waals surface area contributed by atoms with E-state index in [-0.39, 0.29) is 23.1 Å². The van der Waals surface area contributed by atoms with E-state index in [2.05, 4.69) is 15.0 Å². The molecule has 0 bridgehead atoms. The van der Waals surface area contributed by atoms with E-state index in [0.717, 1.165) is 11.1 Å². The Kier molecular flexibility index (Phi) is 4.35. The van der Waals surface area contributed by atoms with Gasteiger partial charge in [0.05, 0.1) is 29.4 Å². The quantitative estimate of drug-likeness (QED) is 0.658. The Hall–Kier alpha value is -2.52. The Bertz CT molecular complexity index is 1170. The molecule has 1 saturated heterocycles. The standard InChI is InChI=1S/C18H21N5O3S/c1-13-3-4-17-20-15(7-18(24)23(17)9-13)11-22-5-6-27(25,26)12-16(22)14-8-19-21(2)10-14/h3-4,7-10,16H,5-6,11-12H2,1-2H3. The largest absolute Gasteiger partial charge is 0.288 e. The van der Waals surface area contributed by atoms with Crippen LogP contribution in [0.1, 0.15) is 22.9 Å². The fourth-order valence-electron chi connectivity index (χ4n) is 3.50. The molecule has 27 heavy (non-hydrogen) atoms. The maximum absolute atomic E-state index is 12.4. The molecule has 0 saturated carbocycles. The normalized spacial score (nSPS) is 20.1. The monoisotopic (exact) mass is 387 g/mol. The van der Waals surface area contributed by atoms with Crippen molar-refractivity contribution in [2.75, 3.05) is 18.1 Å². The van der Waals surface area contributed by atoms with Crippen LogP contribution in [0.5, 0.6) is 0 Å². The first-order chi connectivity index (χ1) is 12.8. The average Bonchev–Trinajstić information content (AvgIpc) is 3.03. The van der Waals surface area contributed by atoms with Crippen LogP contribution in [0.2, 0.25) is 0 Å². The first-order valence-electron chi connectivity index (χ1n) is 8.73. The zero-order valence-electron chi connectivity index (χ0n) is 15.2. The third-order valence-corrected chi connectivity index (χ3v) is 6.51. The van der Waals surface area contributed by atoms with E-state index < -0.39 is 9.84 Å². The number of nitrogens with zero attached hydrogens (tertiary/aromatic N) is 5. The van der Waals surface area contributed by atoms with Gasteiger partial charge in [-0.25, -0.2) is 13.4 Å². The lowest BCUT2D eigenvalue weighted by atomic mass is 10.1. The van der Waals surface area contributed by atoms with E-state index in [0.29, 0.717) is 24.4 Å². The number of rotatable bonds is 3. The Labute approximate surface area is 157 Å². The van der Waals surface area contributed by atoms with Gasteiger partial charge in [0.1, 0.15) is 5.65 Å². The van der Waals surface area contributed by atoms with E-state index in [1.54, 1.807) is 24.1 Å².